The number of nitrogens with one attached hydrogen (secondary N) is 1. The van der Waals surface area contributed by atoms with Gasteiger partial charge in [0.05, 0.1) is 17.8 Å². The van der Waals surface area contributed by atoms with Gasteiger partial charge in [0.25, 0.3) is 5.91 Å². The molecule has 34 heavy (non-hydrogen) atoms. The van der Waals surface area contributed by atoms with Crippen molar-refractivity contribution in [2.45, 2.75) is 63.6 Å². The first kappa shape index (κ1) is 24.7. The molecule has 2 aromatic heterocycles. The normalized spacial score (nSPS) is 23.8. The molecule has 0 spiro atoms. The molecule has 2 aliphatic rings. The largest absolute Gasteiger partial charge is 0.379 e. The average Bonchev–Trinajstić information content (AvgIpc) is 3.36. The van der Waals surface area contributed by atoms with Crippen LogP contribution in [0.3, 0.4) is 0 Å². The van der Waals surface area contributed by atoms with Crippen LogP contribution in [0.5, 0.6) is 0 Å². The van der Waals surface area contributed by atoms with Crippen LogP contribution in [0.15, 0.2) is 30.7 Å². The third-order valence-electron chi connectivity index (χ3n) is 7.59. The Morgan fingerprint density at radius 2 is 1.85 bits per heavy atom. The second-order valence-electron chi connectivity index (χ2n) is 9.69. The third-order valence-corrected chi connectivity index (χ3v) is 7.59. The number of hydrogen-bond donors (Lipinski definition) is 1. The van der Waals surface area contributed by atoms with Gasteiger partial charge in [-0.2, -0.15) is 0 Å². The van der Waals surface area contributed by atoms with E-state index in [4.69, 9.17) is 9.47 Å². The molecule has 1 N–H and O–H groups in total. The quantitative estimate of drug-likeness (QED) is 0.569. The van der Waals surface area contributed by atoms with Gasteiger partial charge >= 0.3 is 0 Å². The average molecular weight is 471 g/mol. The highest BCUT2D eigenvalue weighted by Crippen LogP contribution is 2.31. The smallest absolute Gasteiger partial charge is 0.252 e. The van der Waals surface area contributed by atoms with Crippen molar-refractivity contribution in [3.05, 3.63) is 36.3 Å². The number of likely N-dealkylation sites (tertiary alicyclic amines) is 1. The number of ether oxygens (including phenoxy) is 2. The second-order valence-corrected chi connectivity index (χ2v) is 9.69. The standard InChI is InChI=1S/C26H38N4O4/c1-33-22-8-6-20(17-23(22)34-2)26(32)29-14-10-19(11-15-29)5-3-4-12-28-25(31)21-7-9-24-27-13-16-30(24)18-21/h7,9,13,16,18-20,22-23H,3-6,8,10-12,14-15,17H2,1-2H3,(H,28,31). The molecular formula is C26H38N4O4. The van der Waals surface area contributed by atoms with Crippen LogP contribution in [0.25, 0.3) is 5.65 Å². The maximum absolute atomic E-state index is 13.0. The fraction of sp³-hybridized carbons (Fsp3) is 0.654. The van der Waals surface area contributed by atoms with Crippen LogP contribution in [-0.2, 0) is 14.3 Å². The van der Waals surface area contributed by atoms with E-state index < -0.39 is 0 Å². The Balaban J connectivity index is 1.11. The van der Waals surface area contributed by atoms with Crippen molar-refractivity contribution in [3.8, 4) is 0 Å². The summed E-state index contributed by atoms with van der Waals surface area (Å²) >= 11 is 0. The van der Waals surface area contributed by atoms with E-state index >= 15 is 0 Å². The van der Waals surface area contributed by atoms with E-state index in [1.54, 1.807) is 20.4 Å². The second kappa shape index (κ2) is 11.8. The zero-order valence-electron chi connectivity index (χ0n) is 20.4. The lowest BCUT2D eigenvalue weighted by atomic mass is 9.83. The van der Waals surface area contributed by atoms with Crippen LogP contribution >= 0.6 is 0 Å². The van der Waals surface area contributed by atoms with Crippen LogP contribution in [-0.4, -0.2) is 72.2 Å². The Hall–Kier alpha value is -2.45. The molecule has 0 radical (unpaired) electrons. The molecule has 3 atom stereocenters. The lowest BCUT2D eigenvalue weighted by molar-refractivity contribution is -0.143. The van der Waals surface area contributed by atoms with Crippen LogP contribution in [0.1, 0.15) is 61.7 Å². The predicted octanol–water partition coefficient (Wildman–Crippen LogP) is 3.30. The summed E-state index contributed by atoms with van der Waals surface area (Å²) in [6, 6.07) is 3.66. The van der Waals surface area contributed by atoms with Crippen molar-refractivity contribution in [1.29, 1.82) is 0 Å². The molecule has 1 aliphatic heterocycles. The van der Waals surface area contributed by atoms with E-state index in [1.807, 2.05) is 28.9 Å². The summed E-state index contributed by atoms with van der Waals surface area (Å²) < 4.78 is 12.9. The Morgan fingerprint density at radius 1 is 1.06 bits per heavy atom. The molecule has 3 unspecified atom stereocenters. The monoisotopic (exact) mass is 470 g/mol. The number of methoxy groups -OCH3 is 2. The Bertz CT molecular complexity index is 953. The molecular weight excluding hydrogens is 432 g/mol. The topological polar surface area (TPSA) is 85.2 Å². The molecule has 1 saturated carbocycles. The Kier molecular flexibility index (Phi) is 8.56. The van der Waals surface area contributed by atoms with Gasteiger partial charge in [-0.05, 0) is 56.6 Å². The van der Waals surface area contributed by atoms with E-state index in [2.05, 4.69) is 15.2 Å². The van der Waals surface area contributed by atoms with Crippen LogP contribution < -0.4 is 5.32 Å². The summed E-state index contributed by atoms with van der Waals surface area (Å²) in [5.74, 6) is 0.981. The highest BCUT2D eigenvalue weighted by molar-refractivity contribution is 5.94. The number of carbonyl (C=O) groups is 2. The number of carbonyl (C=O) groups excluding carboxylic acids is 2. The van der Waals surface area contributed by atoms with Crippen molar-refractivity contribution < 1.29 is 19.1 Å². The summed E-state index contributed by atoms with van der Waals surface area (Å²) in [5, 5.41) is 3.02. The first-order valence-corrected chi connectivity index (χ1v) is 12.6. The molecule has 186 valence electrons. The van der Waals surface area contributed by atoms with Crippen LogP contribution in [0.4, 0.5) is 0 Å². The van der Waals surface area contributed by atoms with Crippen LogP contribution in [0.2, 0.25) is 0 Å². The van der Waals surface area contributed by atoms with E-state index in [1.165, 1.54) is 0 Å². The van der Waals surface area contributed by atoms with E-state index in [-0.39, 0.29) is 24.0 Å². The zero-order chi connectivity index (χ0) is 23.9. The van der Waals surface area contributed by atoms with E-state index in [0.717, 1.165) is 70.1 Å². The van der Waals surface area contributed by atoms with Gasteiger partial charge in [0.2, 0.25) is 5.91 Å². The minimum absolute atomic E-state index is 0.0135. The molecule has 1 aliphatic carbocycles. The fourth-order valence-electron chi connectivity index (χ4n) is 5.46. The van der Waals surface area contributed by atoms with E-state index in [9.17, 15) is 9.59 Å². The maximum atomic E-state index is 13.0. The molecule has 2 amide bonds. The number of fused-ring (bicyclic) bond motifs is 1. The summed E-state index contributed by atoms with van der Waals surface area (Å²) in [6.45, 7) is 2.40. The number of nitrogens with zero attached hydrogens (tertiary/aromatic N) is 3. The van der Waals surface area contributed by atoms with Gasteiger partial charge in [-0.15, -0.1) is 0 Å². The van der Waals surface area contributed by atoms with Gasteiger partial charge < -0.3 is 24.1 Å². The lowest BCUT2D eigenvalue weighted by Gasteiger charge is -2.38. The van der Waals surface area contributed by atoms with Gasteiger partial charge in [0.1, 0.15) is 5.65 Å². The Labute approximate surface area is 202 Å². The zero-order valence-corrected chi connectivity index (χ0v) is 20.4. The minimum atomic E-state index is -0.0438. The molecule has 8 heteroatoms. The SMILES string of the molecule is COC1CCC(C(=O)N2CCC(CCCCNC(=O)c3ccc4nccn4c3)CC2)CC1OC. The molecule has 8 nitrogen and oxygen atoms in total. The number of hydrogen-bond acceptors (Lipinski definition) is 5. The summed E-state index contributed by atoms with van der Waals surface area (Å²) in [7, 11) is 3.43. The van der Waals surface area contributed by atoms with Crippen molar-refractivity contribution in [2.75, 3.05) is 33.9 Å². The van der Waals surface area contributed by atoms with Gasteiger partial charge in [-0.25, -0.2) is 4.98 Å². The first-order valence-electron chi connectivity index (χ1n) is 12.6. The van der Waals surface area contributed by atoms with E-state index in [0.29, 0.717) is 23.9 Å². The number of aromatic nitrogens is 2. The van der Waals surface area contributed by atoms with Gasteiger partial charge in [-0.3, -0.25) is 9.59 Å². The number of pyridine rings is 1. The van der Waals surface area contributed by atoms with Crippen molar-refractivity contribution in [2.24, 2.45) is 11.8 Å². The lowest BCUT2D eigenvalue weighted by Crippen LogP contribution is -2.46. The fourth-order valence-corrected chi connectivity index (χ4v) is 5.46. The predicted molar refractivity (Wildman–Crippen MR) is 130 cm³/mol. The number of unbranched alkanes of at least 4 members (excludes halogenated alkanes) is 1. The van der Waals surface area contributed by atoms with Gasteiger partial charge in [0.15, 0.2) is 0 Å². The van der Waals surface area contributed by atoms with Crippen molar-refractivity contribution in [3.63, 3.8) is 0 Å². The Morgan fingerprint density at radius 3 is 2.62 bits per heavy atom. The number of piperidine rings is 1. The van der Waals surface area contributed by atoms with Crippen molar-refractivity contribution in [1.82, 2.24) is 19.6 Å². The number of rotatable bonds is 9. The summed E-state index contributed by atoms with van der Waals surface area (Å²) in [6.07, 6.45) is 13.4. The van der Waals surface area contributed by atoms with Gasteiger partial charge in [-0.1, -0.05) is 12.8 Å². The molecule has 0 aromatic carbocycles. The van der Waals surface area contributed by atoms with Crippen molar-refractivity contribution >= 4 is 17.5 Å². The molecule has 2 aromatic rings. The summed E-state index contributed by atoms with van der Waals surface area (Å²) in [4.78, 5) is 31.7. The number of amides is 2. The molecule has 2 fully saturated rings. The molecule has 0 bridgehead atoms. The minimum Gasteiger partial charge on any atom is -0.379 e. The van der Waals surface area contributed by atoms with Gasteiger partial charge in [0, 0.05) is 58.4 Å². The molecule has 4 rings (SSSR count). The first-order chi connectivity index (χ1) is 16.6. The molecule has 1 saturated heterocycles. The summed E-state index contributed by atoms with van der Waals surface area (Å²) in [5.41, 5.74) is 1.48. The third kappa shape index (κ3) is 5.96. The maximum Gasteiger partial charge on any atom is 0.252 e. The van der Waals surface area contributed by atoms with Crippen LogP contribution in [0, 0.1) is 11.8 Å². The highest BCUT2D eigenvalue weighted by Gasteiger charge is 2.36. The highest BCUT2D eigenvalue weighted by atomic mass is 16.5. The number of imidazole rings is 1. The molecule has 3 heterocycles.